The zero-order valence-electron chi connectivity index (χ0n) is 8.22. The Morgan fingerprint density at radius 1 is 1.36 bits per heavy atom. The van der Waals surface area contributed by atoms with Crippen molar-refractivity contribution in [1.29, 1.82) is 0 Å². The van der Waals surface area contributed by atoms with Crippen LogP contribution in [-0.4, -0.2) is 24.4 Å². The highest BCUT2D eigenvalue weighted by Crippen LogP contribution is 2.24. The molecule has 0 radical (unpaired) electrons. The molecule has 0 heterocycles. The first kappa shape index (κ1) is 10.9. The van der Waals surface area contributed by atoms with Crippen LogP contribution in [0.4, 0.5) is 0 Å². The van der Waals surface area contributed by atoms with Crippen molar-refractivity contribution in [1.82, 2.24) is 0 Å². The fraction of sp³-hybridized carbons (Fsp3) is 1.00. The van der Waals surface area contributed by atoms with Gasteiger partial charge in [0, 0.05) is 7.11 Å². The molecule has 11 heavy (non-hydrogen) atoms. The summed E-state index contributed by atoms with van der Waals surface area (Å²) >= 11 is 0. The van der Waals surface area contributed by atoms with Gasteiger partial charge in [-0.25, -0.2) is 0 Å². The SMILES string of the molecule is CCC(OC)C(O)C(C)(C)C. The number of hydrogen-bond acceptors (Lipinski definition) is 2. The lowest BCUT2D eigenvalue weighted by molar-refractivity contribution is -0.0654. The van der Waals surface area contributed by atoms with Crippen molar-refractivity contribution in [3.05, 3.63) is 0 Å². The lowest BCUT2D eigenvalue weighted by Gasteiger charge is -2.31. The molecule has 0 aliphatic rings. The number of hydrogen-bond donors (Lipinski definition) is 1. The van der Waals surface area contributed by atoms with Crippen LogP contribution < -0.4 is 0 Å². The number of ether oxygens (including phenoxy) is 1. The Labute approximate surface area is 69.6 Å². The Balaban J connectivity index is 4.09. The molecule has 0 aromatic rings. The molecule has 0 saturated heterocycles. The molecule has 68 valence electrons. The summed E-state index contributed by atoms with van der Waals surface area (Å²) in [6.07, 6.45) is 0.446. The Hall–Kier alpha value is -0.0800. The average molecular weight is 160 g/mol. The highest BCUT2D eigenvalue weighted by atomic mass is 16.5. The van der Waals surface area contributed by atoms with Gasteiger partial charge >= 0.3 is 0 Å². The molecule has 2 heteroatoms. The normalized spacial score (nSPS) is 18.0. The maximum atomic E-state index is 9.72. The van der Waals surface area contributed by atoms with Gasteiger partial charge in [-0.3, -0.25) is 0 Å². The van der Waals surface area contributed by atoms with Crippen LogP contribution in [-0.2, 0) is 4.74 Å². The molecule has 0 aromatic carbocycles. The van der Waals surface area contributed by atoms with E-state index in [4.69, 9.17) is 4.74 Å². The molecule has 0 aliphatic carbocycles. The fourth-order valence-corrected chi connectivity index (χ4v) is 1.08. The second-order valence-corrected chi connectivity index (χ2v) is 3.99. The predicted molar refractivity (Wildman–Crippen MR) is 46.5 cm³/mol. The van der Waals surface area contributed by atoms with E-state index in [0.717, 1.165) is 6.42 Å². The quantitative estimate of drug-likeness (QED) is 0.682. The predicted octanol–water partition coefficient (Wildman–Crippen LogP) is 1.82. The van der Waals surface area contributed by atoms with Crippen LogP contribution in [0.25, 0.3) is 0 Å². The summed E-state index contributed by atoms with van der Waals surface area (Å²) in [4.78, 5) is 0. The van der Waals surface area contributed by atoms with Gasteiger partial charge in [0.05, 0.1) is 12.2 Å². The monoisotopic (exact) mass is 160 g/mol. The van der Waals surface area contributed by atoms with Gasteiger partial charge < -0.3 is 9.84 Å². The molecule has 0 fully saturated rings. The second-order valence-electron chi connectivity index (χ2n) is 3.99. The van der Waals surface area contributed by atoms with Gasteiger partial charge in [-0.2, -0.15) is 0 Å². The zero-order chi connectivity index (χ0) is 9.07. The number of aliphatic hydroxyl groups excluding tert-OH is 1. The summed E-state index contributed by atoms with van der Waals surface area (Å²) in [6, 6.07) is 0. The smallest absolute Gasteiger partial charge is 0.0849 e. The average Bonchev–Trinajstić information content (AvgIpc) is 1.88. The molecule has 2 unspecified atom stereocenters. The Morgan fingerprint density at radius 3 is 1.91 bits per heavy atom. The summed E-state index contributed by atoms with van der Waals surface area (Å²) in [7, 11) is 1.64. The molecular weight excluding hydrogens is 140 g/mol. The topological polar surface area (TPSA) is 29.5 Å². The molecule has 1 N–H and O–H groups in total. The molecule has 2 nitrogen and oxygen atoms in total. The number of rotatable bonds is 3. The Bertz CT molecular complexity index is 101. The number of aliphatic hydroxyl groups is 1. The minimum absolute atomic E-state index is 0.0324. The van der Waals surface area contributed by atoms with Gasteiger partial charge in [0.1, 0.15) is 0 Å². The third kappa shape index (κ3) is 3.21. The van der Waals surface area contributed by atoms with E-state index in [1.807, 2.05) is 27.7 Å². The third-order valence-electron chi connectivity index (χ3n) is 1.94. The lowest BCUT2D eigenvalue weighted by Crippen LogP contribution is -2.38. The van der Waals surface area contributed by atoms with Crippen molar-refractivity contribution >= 4 is 0 Å². The van der Waals surface area contributed by atoms with E-state index >= 15 is 0 Å². The van der Waals surface area contributed by atoms with Gasteiger partial charge in [0.25, 0.3) is 0 Å². The Morgan fingerprint density at radius 2 is 1.82 bits per heavy atom. The first-order valence-electron chi connectivity index (χ1n) is 4.14. The largest absolute Gasteiger partial charge is 0.390 e. The maximum Gasteiger partial charge on any atom is 0.0849 e. The van der Waals surface area contributed by atoms with Crippen LogP contribution in [0.1, 0.15) is 34.1 Å². The summed E-state index contributed by atoms with van der Waals surface area (Å²) in [5.74, 6) is 0. The fourth-order valence-electron chi connectivity index (χ4n) is 1.08. The lowest BCUT2D eigenvalue weighted by atomic mass is 9.85. The molecule has 0 bridgehead atoms. The Kier molecular flexibility index (Phi) is 4.04. The minimum Gasteiger partial charge on any atom is -0.390 e. The van der Waals surface area contributed by atoms with Gasteiger partial charge in [0.2, 0.25) is 0 Å². The molecule has 0 aromatic heterocycles. The zero-order valence-corrected chi connectivity index (χ0v) is 8.22. The molecule has 2 atom stereocenters. The van der Waals surface area contributed by atoms with Crippen LogP contribution in [0.2, 0.25) is 0 Å². The van der Waals surface area contributed by atoms with Crippen molar-refractivity contribution in [3.8, 4) is 0 Å². The molecule has 0 aliphatic heterocycles. The summed E-state index contributed by atoms with van der Waals surface area (Å²) < 4.78 is 5.14. The van der Waals surface area contributed by atoms with E-state index in [2.05, 4.69) is 0 Å². The van der Waals surface area contributed by atoms with Gasteiger partial charge in [-0.05, 0) is 11.8 Å². The van der Waals surface area contributed by atoms with Gasteiger partial charge in [-0.1, -0.05) is 27.7 Å². The van der Waals surface area contributed by atoms with Gasteiger partial charge in [0.15, 0.2) is 0 Å². The number of methoxy groups -OCH3 is 1. The molecule has 0 rings (SSSR count). The molecule has 0 spiro atoms. The van der Waals surface area contributed by atoms with Crippen molar-refractivity contribution in [2.45, 2.75) is 46.3 Å². The maximum absolute atomic E-state index is 9.72. The van der Waals surface area contributed by atoms with E-state index in [1.165, 1.54) is 0 Å². The van der Waals surface area contributed by atoms with Crippen LogP contribution >= 0.6 is 0 Å². The van der Waals surface area contributed by atoms with E-state index in [-0.39, 0.29) is 17.6 Å². The minimum atomic E-state index is -0.377. The van der Waals surface area contributed by atoms with Crippen LogP contribution in [0.15, 0.2) is 0 Å². The van der Waals surface area contributed by atoms with Crippen molar-refractivity contribution in [2.75, 3.05) is 7.11 Å². The van der Waals surface area contributed by atoms with Crippen molar-refractivity contribution < 1.29 is 9.84 Å². The summed E-state index contributed by atoms with van der Waals surface area (Å²) in [5, 5.41) is 9.72. The van der Waals surface area contributed by atoms with E-state index < -0.39 is 0 Å². The van der Waals surface area contributed by atoms with Crippen LogP contribution in [0.3, 0.4) is 0 Å². The first-order valence-corrected chi connectivity index (χ1v) is 4.14. The highest BCUT2D eigenvalue weighted by molar-refractivity contribution is 4.79. The molecule has 0 amide bonds. The van der Waals surface area contributed by atoms with E-state index in [1.54, 1.807) is 7.11 Å². The standard InChI is InChI=1S/C9H20O2/c1-6-7(11-5)8(10)9(2,3)4/h7-8,10H,6H2,1-5H3. The molecule has 0 saturated carbocycles. The van der Waals surface area contributed by atoms with E-state index in [9.17, 15) is 5.11 Å². The third-order valence-corrected chi connectivity index (χ3v) is 1.94. The summed E-state index contributed by atoms with van der Waals surface area (Å²) in [6.45, 7) is 8.06. The summed E-state index contributed by atoms with van der Waals surface area (Å²) in [5.41, 5.74) is -0.0866. The second kappa shape index (κ2) is 4.07. The van der Waals surface area contributed by atoms with Crippen LogP contribution in [0, 0.1) is 5.41 Å². The molecular formula is C9H20O2. The van der Waals surface area contributed by atoms with Crippen LogP contribution in [0.5, 0.6) is 0 Å². The van der Waals surface area contributed by atoms with Crippen molar-refractivity contribution in [3.63, 3.8) is 0 Å². The first-order chi connectivity index (χ1) is 4.93. The van der Waals surface area contributed by atoms with Crippen molar-refractivity contribution in [2.24, 2.45) is 5.41 Å². The van der Waals surface area contributed by atoms with Gasteiger partial charge in [-0.15, -0.1) is 0 Å². The van der Waals surface area contributed by atoms with E-state index in [0.29, 0.717) is 0 Å². The highest BCUT2D eigenvalue weighted by Gasteiger charge is 2.28.